The van der Waals surface area contributed by atoms with Gasteiger partial charge < -0.3 is 15.3 Å². The molecule has 1 saturated heterocycles. The summed E-state index contributed by atoms with van der Waals surface area (Å²) >= 11 is 5.76. The third kappa shape index (κ3) is 3.23. The van der Waals surface area contributed by atoms with E-state index >= 15 is 0 Å². The Morgan fingerprint density at radius 3 is 2.65 bits per heavy atom. The summed E-state index contributed by atoms with van der Waals surface area (Å²) in [5.41, 5.74) is 1.28. The van der Waals surface area contributed by atoms with Gasteiger partial charge in [-0.05, 0) is 61.8 Å². The van der Waals surface area contributed by atoms with Crippen molar-refractivity contribution < 1.29 is 14.3 Å². The number of nitrogens with one attached hydrogen (secondary N) is 1. The van der Waals surface area contributed by atoms with Gasteiger partial charge in [-0.15, -0.1) is 0 Å². The zero-order valence-electron chi connectivity index (χ0n) is 17.2. The Kier molecular flexibility index (Phi) is 5.37. The van der Waals surface area contributed by atoms with Crippen molar-refractivity contribution in [1.29, 1.82) is 5.26 Å². The molecule has 1 aliphatic carbocycles. The molecule has 1 aromatic carbocycles. The number of amides is 1. The standard InChI is InChI=1S/C22H22FN5O2S/c1-13-9-15(12-26-18(13)11-24)27-20(30)22(7-3-4-8-22)28(21(27)31)14-5-6-16(17(23)10-14)19(29)25-2/h5-6,9-10,12,20,30H,3-4,7-8H2,1-2H3,(H,25,29). The molecule has 2 aliphatic rings. The molecule has 0 radical (unpaired) electrons. The van der Waals surface area contributed by atoms with Crippen LogP contribution in [-0.4, -0.2) is 39.9 Å². The van der Waals surface area contributed by atoms with Crippen molar-refractivity contribution in [3.05, 3.63) is 53.1 Å². The van der Waals surface area contributed by atoms with E-state index in [4.69, 9.17) is 17.5 Å². The van der Waals surface area contributed by atoms with E-state index in [-0.39, 0.29) is 5.56 Å². The van der Waals surface area contributed by atoms with Crippen molar-refractivity contribution in [2.45, 2.75) is 44.4 Å². The average molecular weight is 440 g/mol. The highest BCUT2D eigenvalue weighted by atomic mass is 32.1. The van der Waals surface area contributed by atoms with Crippen LogP contribution in [0.4, 0.5) is 15.8 Å². The van der Waals surface area contributed by atoms with Gasteiger partial charge in [-0.3, -0.25) is 9.69 Å². The summed E-state index contributed by atoms with van der Waals surface area (Å²) in [4.78, 5) is 19.5. The molecule has 1 aliphatic heterocycles. The van der Waals surface area contributed by atoms with Crippen LogP contribution in [0.15, 0.2) is 30.5 Å². The Morgan fingerprint density at radius 2 is 2.06 bits per heavy atom. The normalized spacial score (nSPS) is 19.7. The fourth-order valence-corrected chi connectivity index (χ4v) is 5.11. The van der Waals surface area contributed by atoms with Gasteiger partial charge in [-0.1, -0.05) is 12.8 Å². The monoisotopic (exact) mass is 439 g/mol. The van der Waals surface area contributed by atoms with Crippen LogP contribution in [-0.2, 0) is 0 Å². The molecule has 7 nitrogen and oxygen atoms in total. The molecule has 1 atom stereocenters. The summed E-state index contributed by atoms with van der Waals surface area (Å²) < 4.78 is 14.7. The number of hydrogen-bond donors (Lipinski definition) is 2. The number of carbonyl (C=O) groups excluding carboxylic acids is 1. The maximum absolute atomic E-state index is 14.7. The molecule has 4 rings (SSSR count). The number of hydrogen-bond acceptors (Lipinski definition) is 5. The molecule has 1 unspecified atom stereocenters. The second-order valence-corrected chi connectivity index (χ2v) is 8.25. The number of aliphatic hydroxyl groups is 1. The molecule has 1 amide bonds. The summed E-state index contributed by atoms with van der Waals surface area (Å²) in [5, 5.41) is 23.3. The maximum Gasteiger partial charge on any atom is 0.253 e. The van der Waals surface area contributed by atoms with Gasteiger partial charge in [0, 0.05) is 12.7 Å². The van der Waals surface area contributed by atoms with Crippen molar-refractivity contribution in [3.8, 4) is 6.07 Å². The lowest BCUT2D eigenvalue weighted by Gasteiger charge is -2.36. The van der Waals surface area contributed by atoms with Gasteiger partial charge in [0.15, 0.2) is 11.3 Å². The Morgan fingerprint density at radius 1 is 1.35 bits per heavy atom. The largest absolute Gasteiger partial charge is 0.371 e. The van der Waals surface area contributed by atoms with Crippen LogP contribution >= 0.6 is 12.2 Å². The fourth-order valence-electron chi connectivity index (χ4n) is 4.62. The number of nitrogens with zero attached hydrogens (tertiary/aromatic N) is 4. The maximum atomic E-state index is 14.7. The number of halogens is 1. The van der Waals surface area contributed by atoms with Crippen LogP contribution in [0.1, 0.15) is 47.3 Å². The third-order valence-electron chi connectivity index (χ3n) is 6.17. The molecule has 2 heterocycles. The number of pyridine rings is 1. The molecular weight excluding hydrogens is 417 g/mol. The SMILES string of the molecule is CNC(=O)c1ccc(N2C(=S)N(c3cnc(C#N)c(C)c3)C(O)C23CCCC3)cc1F. The summed E-state index contributed by atoms with van der Waals surface area (Å²) in [6.07, 6.45) is 3.75. The fraction of sp³-hybridized carbons (Fsp3) is 0.364. The molecule has 160 valence electrons. The van der Waals surface area contributed by atoms with Crippen molar-refractivity contribution in [2.24, 2.45) is 0 Å². The van der Waals surface area contributed by atoms with Gasteiger partial charge in [0.25, 0.3) is 5.91 Å². The first-order valence-corrected chi connectivity index (χ1v) is 10.4. The first-order chi connectivity index (χ1) is 14.8. The summed E-state index contributed by atoms with van der Waals surface area (Å²) in [6, 6.07) is 8.17. The molecule has 31 heavy (non-hydrogen) atoms. The lowest BCUT2D eigenvalue weighted by Crippen LogP contribution is -2.50. The number of aliphatic hydroxyl groups excluding tert-OH is 1. The van der Waals surface area contributed by atoms with Crippen LogP contribution in [0, 0.1) is 24.1 Å². The highest BCUT2D eigenvalue weighted by Crippen LogP contribution is 2.48. The number of thiocarbonyl (C=S) groups is 1. The number of carbonyl (C=O) groups is 1. The van der Waals surface area contributed by atoms with Crippen molar-refractivity contribution in [1.82, 2.24) is 10.3 Å². The number of benzene rings is 1. The summed E-state index contributed by atoms with van der Waals surface area (Å²) in [7, 11) is 1.45. The second-order valence-electron chi connectivity index (χ2n) is 7.89. The van der Waals surface area contributed by atoms with E-state index < -0.39 is 23.5 Å². The minimum atomic E-state index is -0.960. The first-order valence-electron chi connectivity index (χ1n) is 10.0. The molecule has 1 spiro atoms. The molecule has 1 aromatic heterocycles. The number of aryl methyl sites for hydroxylation is 1. The molecule has 1 saturated carbocycles. The predicted octanol–water partition coefficient (Wildman–Crippen LogP) is 3.00. The van der Waals surface area contributed by atoms with Crippen molar-refractivity contribution >= 4 is 34.6 Å². The minimum absolute atomic E-state index is 0.0545. The number of aromatic nitrogens is 1. The topological polar surface area (TPSA) is 92.5 Å². The number of nitriles is 1. The highest BCUT2D eigenvalue weighted by molar-refractivity contribution is 7.80. The lowest BCUT2D eigenvalue weighted by atomic mass is 9.93. The average Bonchev–Trinajstić information content (AvgIpc) is 3.31. The smallest absolute Gasteiger partial charge is 0.253 e. The van der Waals surface area contributed by atoms with Gasteiger partial charge in [-0.25, -0.2) is 9.37 Å². The van der Waals surface area contributed by atoms with E-state index in [2.05, 4.69) is 10.3 Å². The Bertz CT molecular complexity index is 1110. The van der Waals surface area contributed by atoms with E-state index in [0.717, 1.165) is 12.8 Å². The van der Waals surface area contributed by atoms with E-state index in [1.54, 1.807) is 24.0 Å². The molecule has 2 aromatic rings. The van der Waals surface area contributed by atoms with Gasteiger partial charge in [-0.2, -0.15) is 5.26 Å². The number of rotatable bonds is 3. The van der Waals surface area contributed by atoms with Crippen molar-refractivity contribution in [2.75, 3.05) is 16.8 Å². The molecule has 0 bridgehead atoms. The predicted molar refractivity (Wildman–Crippen MR) is 118 cm³/mol. The van der Waals surface area contributed by atoms with E-state index in [1.807, 2.05) is 11.0 Å². The van der Waals surface area contributed by atoms with Crippen LogP contribution in [0.5, 0.6) is 0 Å². The first kappa shape index (κ1) is 21.2. The highest BCUT2D eigenvalue weighted by Gasteiger charge is 2.57. The minimum Gasteiger partial charge on any atom is -0.371 e. The quantitative estimate of drug-likeness (QED) is 0.710. The van der Waals surface area contributed by atoms with Crippen LogP contribution < -0.4 is 15.1 Å². The van der Waals surface area contributed by atoms with Gasteiger partial charge >= 0.3 is 0 Å². The Labute approximate surface area is 185 Å². The lowest BCUT2D eigenvalue weighted by molar-refractivity contribution is 0.0959. The second kappa shape index (κ2) is 7.87. The van der Waals surface area contributed by atoms with Crippen LogP contribution in [0.2, 0.25) is 0 Å². The Balaban J connectivity index is 1.80. The molecule has 2 N–H and O–H groups in total. The summed E-state index contributed by atoms with van der Waals surface area (Å²) in [5.74, 6) is -1.17. The zero-order chi connectivity index (χ0) is 22.3. The van der Waals surface area contributed by atoms with E-state index in [9.17, 15) is 14.3 Å². The van der Waals surface area contributed by atoms with E-state index in [0.29, 0.717) is 40.6 Å². The van der Waals surface area contributed by atoms with Crippen molar-refractivity contribution in [3.63, 3.8) is 0 Å². The number of anilines is 2. The van der Waals surface area contributed by atoms with Gasteiger partial charge in [0.05, 0.1) is 23.0 Å². The third-order valence-corrected chi connectivity index (χ3v) is 6.55. The molecular formula is C22H22FN5O2S. The van der Waals surface area contributed by atoms with Gasteiger partial charge in [0.2, 0.25) is 0 Å². The van der Waals surface area contributed by atoms with E-state index in [1.165, 1.54) is 25.4 Å². The molecule has 9 heteroatoms. The Hall–Kier alpha value is -3.09. The zero-order valence-corrected chi connectivity index (χ0v) is 18.0. The van der Waals surface area contributed by atoms with Gasteiger partial charge in [0.1, 0.15) is 17.6 Å². The summed E-state index contributed by atoms with van der Waals surface area (Å²) in [6.45, 7) is 1.77. The van der Waals surface area contributed by atoms with Crippen LogP contribution in [0.3, 0.4) is 0 Å². The van der Waals surface area contributed by atoms with Crippen LogP contribution in [0.25, 0.3) is 0 Å². The molecule has 2 fully saturated rings.